The first-order valence-corrected chi connectivity index (χ1v) is 11.0. The number of nitrogens with one attached hydrogen (secondary N) is 1. The molecule has 0 bridgehead atoms. The van der Waals surface area contributed by atoms with Gasteiger partial charge in [-0.15, -0.1) is 0 Å². The highest BCUT2D eigenvalue weighted by Gasteiger charge is 2.28. The summed E-state index contributed by atoms with van der Waals surface area (Å²) in [6.07, 6.45) is 9.71. The number of anilines is 1. The van der Waals surface area contributed by atoms with Gasteiger partial charge in [-0.2, -0.15) is 5.10 Å². The second kappa shape index (κ2) is 8.38. The van der Waals surface area contributed by atoms with E-state index in [-0.39, 0.29) is 11.9 Å². The van der Waals surface area contributed by atoms with E-state index in [9.17, 15) is 4.79 Å². The van der Waals surface area contributed by atoms with Crippen molar-refractivity contribution in [2.75, 3.05) is 5.32 Å². The number of hydrogen-bond donors (Lipinski definition) is 1. The molecule has 0 unspecified atom stereocenters. The summed E-state index contributed by atoms with van der Waals surface area (Å²) in [5, 5.41) is 8.34. The normalized spacial score (nSPS) is 13.8. The van der Waals surface area contributed by atoms with Crippen molar-refractivity contribution in [1.29, 1.82) is 0 Å². The summed E-state index contributed by atoms with van der Waals surface area (Å²) in [5.74, 6) is 0.301. The van der Waals surface area contributed by atoms with Crippen LogP contribution in [0.1, 0.15) is 66.0 Å². The molecule has 0 saturated heterocycles. The number of aromatic nitrogens is 4. The van der Waals surface area contributed by atoms with Crippen molar-refractivity contribution in [3.8, 4) is 0 Å². The van der Waals surface area contributed by atoms with E-state index >= 15 is 0 Å². The monoisotopic (exact) mass is 423 g/mol. The van der Waals surface area contributed by atoms with Crippen molar-refractivity contribution in [1.82, 2.24) is 19.7 Å². The third kappa shape index (κ3) is 4.17. The lowest BCUT2D eigenvalue weighted by Gasteiger charge is -2.11. The highest BCUT2D eigenvalue weighted by atomic mass is 16.1. The van der Waals surface area contributed by atoms with Crippen LogP contribution in [-0.4, -0.2) is 25.7 Å². The van der Waals surface area contributed by atoms with Crippen molar-refractivity contribution in [3.63, 3.8) is 0 Å². The van der Waals surface area contributed by atoms with Crippen LogP contribution in [0.25, 0.3) is 23.2 Å². The molecule has 6 heteroatoms. The Morgan fingerprint density at radius 1 is 1.12 bits per heavy atom. The van der Waals surface area contributed by atoms with Crippen molar-refractivity contribution in [2.24, 2.45) is 0 Å². The van der Waals surface area contributed by atoms with E-state index in [1.54, 1.807) is 12.4 Å². The molecule has 32 heavy (non-hydrogen) atoms. The van der Waals surface area contributed by atoms with Crippen molar-refractivity contribution < 1.29 is 4.79 Å². The Kier molecular flexibility index (Phi) is 5.27. The first kappa shape index (κ1) is 20.1. The van der Waals surface area contributed by atoms with Gasteiger partial charge in [0.15, 0.2) is 5.65 Å². The van der Waals surface area contributed by atoms with Crippen LogP contribution in [0, 0.1) is 0 Å². The maximum atomic E-state index is 13.3. The maximum absolute atomic E-state index is 13.3. The zero-order valence-electron chi connectivity index (χ0n) is 18.2. The number of nitrogens with zero attached hydrogens (tertiary/aromatic N) is 4. The first-order valence-electron chi connectivity index (χ1n) is 11.0. The minimum Gasteiger partial charge on any atom is -0.322 e. The van der Waals surface area contributed by atoms with Crippen LogP contribution >= 0.6 is 0 Å². The number of fused-ring (bicyclic) bond motifs is 1. The molecule has 1 fully saturated rings. The molecule has 0 radical (unpaired) electrons. The lowest BCUT2D eigenvalue weighted by atomic mass is 10.1. The van der Waals surface area contributed by atoms with E-state index < -0.39 is 0 Å². The number of carbonyl (C=O) groups is 1. The van der Waals surface area contributed by atoms with Gasteiger partial charge in [-0.05, 0) is 68.7 Å². The smallest absolute Gasteiger partial charge is 0.256 e. The second-order valence-electron chi connectivity index (χ2n) is 8.46. The van der Waals surface area contributed by atoms with Gasteiger partial charge >= 0.3 is 0 Å². The van der Waals surface area contributed by atoms with Gasteiger partial charge in [-0.3, -0.25) is 9.78 Å². The van der Waals surface area contributed by atoms with Gasteiger partial charge in [-0.25, -0.2) is 9.67 Å². The summed E-state index contributed by atoms with van der Waals surface area (Å²) in [5.41, 5.74) is 5.00. The number of hydrogen-bond acceptors (Lipinski definition) is 4. The molecule has 4 aromatic rings. The Balaban J connectivity index is 1.43. The largest absolute Gasteiger partial charge is 0.322 e. The molecule has 1 aliphatic rings. The molecule has 3 aromatic heterocycles. The zero-order valence-corrected chi connectivity index (χ0v) is 18.2. The van der Waals surface area contributed by atoms with Gasteiger partial charge < -0.3 is 5.32 Å². The van der Waals surface area contributed by atoms with Gasteiger partial charge in [0.25, 0.3) is 5.91 Å². The average Bonchev–Trinajstić information content (AvgIpc) is 3.56. The molecule has 1 N–H and O–H groups in total. The predicted octanol–water partition coefficient (Wildman–Crippen LogP) is 5.71. The number of amides is 1. The molecule has 5 rings (SSSR count). The molecule has 1 amide bonds. The summed E-state index contributed by atoms with van der Waals surface area (Å²) < 4.78 is 1.89. The molecule has 6 nitrogen and oxygen atoms in total. The van der Waals surface area contributed by atoms with Gasteiger partial charge in [-0.1, -0.05) is 24.3 Å². The molecule has 1 aliphatic carbocycles. The number of benzene rings is 1. The molecule has 160 valence electrons. The summed E-state index contributed by atoms with van der Waals surface area (Å²) in [6, 6.07) is 15.7. The molecule has 1 saturated carbocycles. The molecule has 0 spiro atoms. The Morgan fingerprint density at radius 3 is 2.75 bits per heavy atom. The average molecular weight is 424 g/mol. The minimum absolute atomic E-state index is 0.145. The second-order valence-corrected chi connectivity index (χ2v) is 8.46. The third-order valence-corrected chi connectivity index (χ3v) is 5.59. The first-order chi connectivity index (χ1) is 15.6. The summed E-state index contributed by atoms with van der Waals surface area (Å²) in [6.45, 7) is 4.14. The topological polar surface area (TPSA) is 72.7 Å². The van der Waals surface area contributed by atoms with Gasteiger partial charge in [0.1, 0.15) is 0 Å². The predicted molar refractivity (Wildman–Crippen MR) is 127 cm³/mol. The molecule has 1 aromatic carbocycles. The van der Waals surface area contributed by atoms with Crippen molar-refractivity contribution in [2.45, 2.75) is 38.6 Å². The third-order valence-electron chi connectivity index (χ3n) is 5.59. The van der Waals surface area contributed by atoms with E-state index in [2.05, 4.69) is 29.2 Å². The molecule has 0 atom stereocenters. The Hall–Kier alpha value is -3.80. The fourth-order valence-electron chi connectivity index (χ4n) is 3.77. The SMILES string of the molecule is CC(C)n1ncc2c(C(=O)Nc3cccc(C=Cc4ccccn4)c3)cc(C3CC3)nc21. The van der Waals surface area contributed by atoms with Gasteiger partial charge in [0.05, 0.1) is 22.8 Å². The van der Waals surface area contributed by atoms with Crippen LogP contribution in [0.5, 0.6) is 0 Å². The summed E-state index contributed by atoms with van der Waals surface area (Å²) in [7, 11) is 0. The molecule has 0 aliphatic heterocycles. The fourth-order valence-corrected chi connectivity index (χ4v) is 3.77. The fraction of sp³-hybridized carbons (Fsp3) is 0.231. The van der Waals surface area contributed by atoms with Gasteiger partial charge in [0.2, 0.25) is 0 Å². The molecular formula is C26H25N5O. The lowest BCUT2D eigenvalue weighted by Crippen LogP contribution is -2.14. The van der Waals surface area contributed by atoms with Crippen LogP contribution in [0.2, 0.25) is 0 Å². The summed E-state index contributed by atoms with van der Waals surface area (Å²) in [4.78, 5) is 22.4. The van der Waals surface area contributed by atoms with E-state index in [4.69, 9.17) is 4.98 Å². The van der Waals surface area contributed by atoms with Gasteiger partial charge in [0, 0.05) is 29.5 Å². The number of rotatable bonds is 6. The lowest BCUT2D eigenvalue weighted by molar-refractivity contribution is 0.102. The van der Waals surface area contributed by atoms with E-state index in [0.29, 0.717) is 11.5 Å². The minimum atomic E-state index is -0.145. The van der Waals surface area contributed by atoms with E-state index in [0.717, 1.165) is 46.5 Å². The Morgan fingerprint density at radius 2 is 2.00 bits per heavy atom. The molecular weight excluding hydrogens is 398 g/mol. The van der Waals surface area contributed by atoms with Crippen molar-refractivity contribution >= 4 is 34.8 Å². The standard InChI is InChI=1S/C26H25N5O/c1-17(2)31-25-23(16-28-31)22(15-24(30-25)19-10-11-19)26(32)29-21-8-5-6-18(14-21)9-12-20-7-3-4-13-27-20/h3-9,12-17,19H,10-11H2,1-2H3,(H,29,32). The van der Waals surface area contributed by atoms with Crippen LogP contribution in [0.4, 0.5) is 5.69 Å². The zero-order chi connectivity index (χ0) is 22.1. The highest BCUT2D eigenvalue weighted by molar-refractivity contribution is 6.12. The van der Waals surface area contributed by atoms with Crippen molar-refractivity contribution in [3.05, 3.63) is 83.4 Å². The quantitative estimate of drug-likeness (QED) is 0.431. The van der Waals surface area contributed by atoms with Crippen LogP contribution in [-0.2, 0) is 0 Å². The number of pyridine rings is 2. The highest BCUT2D eigenvalue weighted by Crippen LogP contribution is 2.40. The van der Waals surface area contributed by atoms with Crippen LogP contribution in [0.15, 0.2) is 60.9 Å². The maximum Gasteiger partial charge on any atom is 0.256 e. The summed E-state index contributed by atoms with van der Waals surface area (Å²) >= 11 is 0. The molecule has 3 heterocycles. The number of carbonyl (C=O) groups excluding carboxylic acids is 1. The van der Waals surface area contributed by atoms with E-state index in [1.165, 1.54) is 0 Å². The Labute approximate surface area is 187 Å². The van der Waals surface area contributed by atoms with Crippen LogP contribution < -0.4 is 5.32 Å². The Bertz CT molecular complexity index is 1300. The van der Waals surface area contributed by atoms with E-state index in [1.807, 2.05) is 65.4 Å². The van der Waals surface area contributed by atoms with Crippen LogP contribution in [0.3, 0.4) is 0 Å².